The van der Waals surface area contributed by atoms with Crippen molar-refractivity contribution in [2.24, 2.45) is 0 Å². The molecule has 0 saturated heterocycles. The highest BCUT2D eigenvalue weighted by atomic mass is 35.5. The molecule has 0 aliphatic rings. The molecule has 0 fully saturated rings. The highest BCUT2D eigenvalue weighted by Gasteiger charge is 1.87. The highest BCUT2D eigenvalue weighted by molar-refractivity contribution is 6.37. The molecule has 7 heavy (non-hydrogen) atoms. The van der Waals surface area contributed by atoms with Crippen molar-refractivity contribution in [1.29, 1.82) is 0 Å². The molecule has 0 N–H and O–H groups in total. The summed E-state index contributed by atoms with van der Waals surface area (Å²) in [5.41, 5.74) is 0. The van der Waals surface area contributed by atoms with Gasteiger partial charge in [0, 0.05) is 5.88 Å². The Kier molecular flexibility index (Phi) is 7.62. The molecular formula is C5H12AlCl. The molecule has 0 unspecified atom stereocenters. The van der Waals surface area contributed by atoms with Gasteiger partial charge in [-0.3, -0.25) is 0 Å². The topological polar surface area (TPSA) is 0 Å². The van der Waals surface area contributed by atoms with Crippen molar-refractivity contribution in [3.63, 3.8) is 0 Å². The molecule has 0 aromatic rings. The van der Waals surface area contributed by atoms with Gasteiger partial charge in [-0.25, -0.2) is 0 Å². The normalized spacial score (nSPS) is 8.86. The van der Waals surface area contributed by atoms with Crippen LogP contribution in [0.4, 0.5) is 0 Å². The Morgan fingerprint density at radius 1 is 1.43 bits per heavy atom. The molecule has 0 aromatic carbocycles. The standard InChI is InChI=1S/C3H7.C2H4Cl.Al.H/c1-3-2;1-2-3;;/h1,3H2,2H3;1-2H2;;. The van der Waals surface area contributed by atoms with E-state index in [4.69, 9.17) is 11.6 Å². The molecule has 0 aromatic heterocycles. The summed E-state index contributed by atoms with van der Waals surface area (Å²) in [7, 11) is 0. The van der Waals surface area contributed by atoms with Crippen LogP contribution in [-0.4, -0.2) is 21.1 Å². The maximum atomic E-state index is 5.47. The van der Waals surface area contributed by atoms with Crippen LogP contribution in [0.1, 0.15) is 13.3 Å². The van der Waals surface area contributed by atoms with E-state index in [-0.39, 0.29) is 15.2 Å². The van der Waals surface area contributed by atoms with Crippen LogP contribution in [0.25, 0.3) is 0 Å². The van der Waals surface area contributed by atoms with Crippen LogP contribution in [0.3, 0.4) is 0 Å². The summed E-state index contributed by atoms with van der Waals surface area (Å²) in [5.74, 6) is 0.895. The molecule has 0 heterocycles. The molecule has 0 rings (SSSR count). The van der Waals surface area contributed by atoms with E-state index in [1.54, 1.807) is 0 Å². The van der Waals surface area contributed by atoms with Crippen LogP contribution < -0.4 is 0 Å². The van der Waals surface area contributed by atoms with Crippen LogP contribution in [0.2, 0.25) is 10.6 Å². The lowest BCUT2D eigenvalue weighted by molar-refractivity contribution is 1.07. The fourth-order valence-corrected chi connectivity index (χ4v) is 2.13. The van der Waals surface area contributed by atoms with Crippen molar-refractivity contribution in [2.75, 3.05) is 5.88 Å². The number of halogens is 1. The van der Waals surface area contributed by atoms with Crippen LogP contribution in [0.15, 0.2) is 0 Å². The van der Waals surface area contributed by atoms with Gasteiger partial charge in [-0.2, -0.15) is 0 Å². The van der Waals surface area contributed by atoms with E-state index in [1.165, 1.54) is 17.0 Å². The first-order chi connectivity index (χ1) is 3.41. The Morgan fingerprint density at radius 3 is 2.57 bits per heavy atom. The molecule has 0 bridgehead atoms. The van der Waals surface area contributed by atoms with Gasteiger partial charge < -0.3 is 0 Å². The Balaban J connectivity index is 2.45. The summed E-state index contributed by atoms with van der Waals surface area (Å²) < 4.78 is 0. The lowest BCUT2D eigenvalue weighted by Gasteiger charge is -1.85. The summed E-state index contributed by atoms with van der Waals surface area (Å²) in [4.78, 5) is 0. The third-order valence-electron chi connectivity index (χ3n) is 0.987. The maximum Gasteiger partial charge on any atom is 0.238 e. The Hall–Kier alpha value is 0.822. The highest BCUT2D eigenvalue weighted by Crippen LogP contribution is 1.91. The predicted octanol–water partition coefficient (Wildman–Crippen LogP) is 1.91. The number of hydrogen-bond acceptors (Lipinski definition) is 0. The fourth-order valence-electron chi connectivity index (χ4n) is 0.521. The van der Waals surface area contributed by atoms with E-state index in [1.807, 2.05) is 0 Å². The summed E-state index contributed by atoms with van der Waals surface area (Å²) in [6, 6.07) is 0. The first kappa shape index (κ1) is 7.82. The second kappa shape index (κ2) is 6.82. The quantitative estimate of drug-likeness (QED) is 0.313. The van der Waals surface area contributed by atoms with Crippen LogP contribution in [0, 0.1) is 0 Å². The minimum atomic E-state index is 0.279. The van der Waals surface area contributed by atoms with Crippen molar-refractivity contribution >= 4 is 26.8 Å². The van der Waals surface area contributed by atoms with Gasteiger partial charge in [-0.05, 0) is 0 Å². The van der Waals surface area contributed by atoms with E-state index >= 15 is 0 Å². The van der Waals surface area contributed by atoms with Crippen LogP contribution in [0.5, 0.6) is 0 Å². The molecule has 0 saturated carbocycles. The second-order valence-corrected chi connectivity index (χ2v) is 4.25. The summed E-state index contributed by atoms with van der Waals surface area (Å²) in [5, 5.41) is 2.81. The van der Waals surface area contributed by atoms with E-state index in [9.17, 15) is 0 Å². The van der Waals surface area contributed by atoms with Crippen molar-refractivity contribution in [3.05, 3.63) is 0 Å². The molecule has 0 amide bonds. The van der Waals surface area contributed by atoms with Crippen LogP contribution >= 0.6 is 11.6 Å². The summed E-state index contributed by atoms with van der Waals surface area (Å²) in [6.45, 7) is 2.24. The summed E-state index contributed by atoms with van der Waals surface area (Å²) >= 11 is 5.75. The van der Waals surface area contributed by atoms with Gasteiger partial charge in [0.2, 0.25) is 15.2 Å². The largest absolute Gasteiger partial charge is 0.238 e. The predicted molar refractivity (Wildman–Crippen MR) is 37.8 cm³/mol. The number of hydrogen-bond donors (Lipinski definition) is 0. The molecule has 0 atom stereocenters. The van der Waals surface area contributed by atoms with Gasteiger partial charge in [-0.15, -0.1) is 11.6 Å². The SMILES string of the molecule is CC[CH2][AlH][CH2]CCl. The average Bonchev–Trinajstić information content (AvgIpc) is 1.69. The third kappa shape index (κ3) is 6.82. The average molecular weight is 135 g/mol. The van der Waals surface area contributed by atoms with Crippen molar-refractivity contribution in [1.82, 2.24) is 0 Å². The smallest absolute Gasteiger partial charge is 0.128 e. The van der Waals surface area contributed by atoms with E-state index < -0.39 is 0 Å². The van der Waals surface area contributed by atoms with Gasteiger partial charge in [-0.1, -0.05) is 23.9 Å². The molecule has 42 valence electrons. The van der Waals surface area contributed by atoms with Gasteiger partial charge in [0.25, 0.3) is 0 Å². The minimum Gasteiger partial charge on any atom is -0.128 e. The Morgan fingerprint density at radius 2 is 2.14 bits per heavy atom. The molecule has 0 aliphatic heterocycles. The van der Waals surface area contributed by atoms with E-state index in [0.29, 0.717) is 0 Å². The summed E-state index contributed by atoms with van der Waals surface area (Å²) in [6.07, 6.45) is 1.36. The zero-order chi connectivity index (χ0) is 5.54. The second-order valence-electron chi connectivity index (χ2n) is 1.75. The Bertz CT molecular complexity index is 27.3. The molecule has 2 heteroatoms. The minimum absolute atomic E-state index is 0.279. The van der Waals surface area contributed by atoms with Crippen LogP contribution in [-0.2, 0) is 0 Å². The number of rotatable bonds is 4. The molecule has 0 radical (unpaired) electrons. The van der Waals surface area contributed by atoms with Crippen molar-refractivity contribution < 1.29 is 0 Å². The molecule has 0 aliphatic carbocycles. The lowest BCUT2D eigenvalue weighted by Crippen LogP contribution is -1.86. The molecule has 0 spiro atoms. The Labute approximate surface area is 57.0 Å². The van der Waals surface area contributed by atoms with Gasteiger partial charge in [0.05, 0.1) is 0 Å². The van der Waals surface area contributed by atoms with Crippen molar-refractivity contribution in [3.8, 4) is 0 Å². The lowest BCUT2D eigenvalue weighted by atomic mass is 10.6. The first-order valence-corrected chi connectivity index (χ1v) is 5.51. The van der Waals surface area contributed by atoms with Gasteiger partial charge in [0.15, 0.2) is 0 Å². The third-order valence-corrected chi connectivity index (χ3v) is 3.76. The van der Waals surface area contributed by atoms with Gasteiger partial charge >= 0.3 is 0 Å². The van der Waals surface area contributed by atoms with Gasteiger partial charge in [0.1, 0.15) is 0 Å². The van der Waals surface area contributed by atoms with Crippen molar-refractivity contribution in [2.45, 2.75) is 23.9 Å². The van der Waals surface area contributed by atoms with E-state index in [0.717, 1.165) is 5.88 Å². The number of alkyl halides is 1. The fraction of sp³-hybridized carbons (Fsp3) is 1.00. The zero-order valence-corrected chi connectivity index (χ0v) is 7.08. The molecular weight excluding hydrogens is 122 g/mol. The molecule has 0 nitrogen and oxygen atoms in total. The first-order valence-electron chi connectivity index (χ1n) is 2.97. The van der Waals surface area contributed by atoms with E-state index in [2.05, 4.69) is 6.92 Å². The maximum absolute atomic E-state index is 5.47. The zero-order valence-electron chi connectivity index (χ0n) is 4.91. The monoisotopic (exact) mass is 134 g/mol.